The van der Waals surface area contributed by atoms with E-state index in [0.717, 1.165) is 16.5 Å². The second-order valence-corrected chi connectivity index (χ2v) is 4.18. The minimum absolute atomic E-state index is 0.631. The van der Waals surface area contributed by atoms with Crippen molar-refractivity contribution in [3.63, 3.8) is 0 Å². The van der Waals surface area contributed by atoms with Crippen LogP contribution in [0.2, 0.25) is 0 Å². The van der Waals surface area contributed by atoms with Gasteiger partial charge >= 0.3 is 6.03 Å². The minimum Gasteiger partial charge on any atom is -0.493 e. The van der Waals surface area contributed by atoms with Gasteiger partial charge in [0.25, 0.3) is 0 Å². The molecule has 3 N–H and O–H groups in total. The van der Waals surface area contributed by atoms with E-state index < -0.39 is 6.03 Å². The maximum atomic E-state index is 10.5. The number of benzene rings is 1. The van der Waals surface area contributed by atoms with Gasteiger partial charge in [-0.15, -0.1) is 0 Å². The molecule has 0 saturated heterocycles. The summed E-state index contributed by atoms with van der Waals surface area (Å²) in [6.07, 6.45) is 2.41. The number of nitrogens with zero attached hydrogens (tertiary/aromatic N) is 1. The van der Waals surface area contributed by atoms with Crippen molar-refractivity contribution in [2.24, 2.45) is 10.8 Å². The van der Waals surface area contributed by atoms with Gasteiger partial charge in [0.2, 0.25) is 0 Å². The number of rotatable bonds is 5. The number of halogens is 1. The molecule has 92 valence electrons. The highest BCUT2D eigenvalue weighted by molar-refractivity contribution is 9.10. The van der Waals surface area contributed by atoms with Crippen LogP contribution in [-0.2, 0) is 0 Å². The number of ether oxygens (including phenoxy) is 1. The van der Waals surface area contributed by atoms with E-state index in [0.29, 0.717) is 12.4 Å². The highest BCUT2D eigenvalue weighted by Crippen LogP contribution is 2.21. The van der Waals surface area contributed by atoms with Gasteiger partial charge in [-0.3, -0.25) is 0 Å². The van der Waals surface area contributed by atoms with E-state index >= 15 is 0 Å². The lowest BCUT2D eigenvalue weighted by atomic mass is 10.2. The SMILES string of the molecule is CCCOc1ccc(Br)cc1/C=N/NC(N)=O. The molecule has 0 radical (unpaired) electrons. The summed E-state index contributed by atoms with van der Waals surface area (Å²) in [6, 6.07) is 4.86. The number of amides is 2. The van der Waals surface area contributed by atoms with E-state index in [1.165, 1.54) is 6.21 Å². The van der Waals surface area contributed by atoms with Gasteiger partial charge in [0.05, 0.1) is 12.8 Å². The predicted octanol–water partition coefficient (Wildman–Crippen LogP) is 2.24. The van der Waals surface area contributed by atoms with Crippen molar-refractivity contribution in [2.75, 3.05) is 6.61 Å². The van der Waals surface area contributed by atoms with Crippen molar-refractivity contribution < 1.29 is 9.53 Å². The van der Waals surface area contributed by atoms with E-state index in [4.69, 9.17) is 10.5 Å². The van der Waals surface area contributed by atoms with Crippen LogP contribution < -0.4 is 15.9 Å². The van der Waals surface area contributed by atoms with Gasteiger partial charge in [0.15, 0.2) is 0 Å². The topological polar surface area (TPSA) is 76.7 Å². The molecule has 1 aromatic carbocycles. The standard InChI is InChI=1S/C11H14BrN3O2/c1-2-5-17-10-4-3-9(12)6-8(10)7-14-15-11(13)16/h3-4,6-7H,2,5H2,1H3,(H3,13,15,16)/b14-7+. The number of primary amides is 1. The summed E-state index contributed by atoms with van der Waals surface area (Å²) < 4.78 is 6.45. The van der Waals surface area contributed by atoms with E-state index in [9.17, 15) is 4.79 Å². The highest BCUT2D eigenvalue weighted by atomic mass is 79.9. The number of hydrogen-bond acceptors (Lipinski definition) is 3. The number of hydrazone groups is 1. The predicted molar refractivity (Wildman–Crippen MR) is 70.2 cm³/mol. The zero-order chi connectivity index (χ0) is 12.7. The quantitative estimate of drug-likeness (QED) is 0.646. The van der Waals surface area contributed by atoms with Gasteiger partial charge in [-0.2, -0.15) is 5.10 Å². The number of nitrogens with two attached hydrogens (primary N) is 1. The summed E-state index contributed by atoms with van der Waals surface area (Å²) in [5.41, 5.74) is 7.80. The van der Waals surface area contributed by atoms with Gasteiger partial charge < -0.3 is 10.5 Å². The summed E-state index contributed by atoms with van der Waals surface area (Å²) in [5, 5.41) is 3.70. The first-order chi connectivity index (χ1) is 8.13. The van der Waals surface area contributed by atoms with Gasteiger partial charge in [-0.25, -0.2) is 10.2 Å². The number of carbonyl (C=O) groups excluding carboxylic acids is 1. The van der Waals surface area contributed by atoms with Crippen LogP contribution in [0.1, 0.15) is 18.9 Å². The largest absolute Gasteiger partial charge is 0.493 e. The molecule has 0 aromatic heterocycles. The van der Waals surface area contributed by atoms with Crippen molar-refractivity contribution in [3.05, 3.63) is 28.2 Å². The average molecular weight is 300 g/mol. The maximum absolute atomic E-state index is 10.5. The molecular weight excluding hydrogens is 286 g/mol. The first-order valence-corrected chi connectivity index (χ1v) is 5.93. The van der Waals surface area contributed by atoms with E-state index in [1.54, 1.807) is 0 Å². The third-order valence-electron chi connectivity index (χ3n) is 1.81. The van der Waals surface area contributed by atoms with Crippen molar-refractivity contribution in [1.82, 2.24) is 5.43 Å². The van der Waals surface area contributed by atoms with E-state index in [1.807, 2.05) is 25.1 Å². The molecule has 1 aromatic rings. The van der Waals surface area contributed by atoms with Crippen molar-refractivity contribution in [1.29, 1.82) is 0 Å². The molecule has 17 heavy (non-hydrogen) atoms. The normalized spacial score (nSPS) is 10.5. The molecule has 5 nitrogen and oxygen atoms in total. The summed E-state index contributed by atoms with van der Waals surface area (Å²) >= 11 is 3.36. The summed E-state index contributed by atoms with van der Waals surface area (Å²) in [6.45, 7) is 2.66. The summed E-state index contributed by atoms with van der Waals surface area (Å²) in [4.78, 5) is 10.5. The summed E-state index contributed by atoms with van der Waals surface area (Å²) in [7, 11) is 0. The summed E-state index contributed by atoms with van der Waals surface area (Å²) in [5.74, 6) is 0.713. The van der Waals surface area contributed by atoms with E-state index in [-0.39, 0.29) is 0 Å². The van der Waals surface area contributed by atoms with Crippen LogP contribution in [-0.4, -0.2) is 18.9 Å². The fourth-order valence-electron chi connectivity index (χ4n) is 1.13. The second-order valence-electron chi connectivity index (χ2n) is 3.26. The highest BCUT2D eigenvalue weighted by Gasteiger charge is 2.02. The fraction of sp³-hybridized carbons (Fsp3) is 0.273. The first-order valence-electron chi connectivity index (χ1n) is 5.14. The second kappa shape index (κ2) is 6.90. The van der Waals surface area contributed by atoms with Gasteiger partial charge in [0.1, 0.15) is 5.75 Å². The Labute approximate surface area is 108 Å². The van der Waals surface area contributed by atoms with Gasteiger partial charge in [-0.05, 0) is 24.6 Å². The van der Waals surface area contributed by atoms with Crippen LogP contribution in [0.3, 0.4) is 0 Å². The molecule has 0 aliphatic carbocycles. The Morgan fingerprint density at radius 3 is 3.06 bits per heavy atom. The molecule has 0 bridgehead atoms. The zero-order valence-corrected chi connectivity index (χ0v) is 11.0. The Morgan fingerprint density at radius 2 is 2.41 bits per heavy atom. The fourth-order valence-corrected chi connectivity index (χ4v) is 1.51. The molecular formula is C11H14BrN3O2. The lowest BCUT2D eigenvalue weighted by Gasteiger charge is -2.08. The smallest absolute Gasteiger partial charge is 0.332 e. The Bertz CT molecular complexity index is 421. The van der Waals surface area contributed by atoms with Crippen molar-refractivity contribution >= 4 is 28.2 Å². The molecule has 2 amide bonds. The van der Waals surface area contributed by atoms with Crippen LogP contribution in [0.15, 0.2) is 27.8 Å². The molecule has 0 aliphatic heterocycles. The van der Waals surface area contributed by atoms with Crippen molar-refractivity contribution in [3.8, 4) is 5.75 Å². The number of nitrogens with one attached hydrogen (secondary N) is 1. The molecule has 0 saturated carbocycles. The van der Waals surface area contributed by atoms with E-state index in [2.05, 4.69) is 26.5 Å². The molecule has 1 rings (SSSR count). The Hall–Kier alpha value is -1.56. The zero-order valence-electron chi connectivity index (χ0n) is 9.44. The van der Waals surface area contributed by atoms with Crippen LogP contribution in [0.25, 0.3) is 0 Å². The van der Waals surface area contributed by atoms with Gasteiger partial charge in [-0.1, -0.05) is 22.9 Å². The molecule has 0 atom stereocenters. The Balaban J connectivity index is 2.82. The Morgan fingerprint density at radius 1 is 1.65 bits per heavy atom. The van der Waals surface area contributed by atoms with Crippen LogP contribution in [0.5, 0.6) is 5.75 Å². The molecule has 0 aliphatic rings. The van der Waals surface area contributed by atoms with Crippen LogP contribution >= 0.6 is 15.9 Å². The minimum atomic E-state index is -0.702. The average Bonchev–Trinajstić information content (AvgIpc) is 2.27. The maximum Gasteiger partial charge on any atom is 0.332 e. The molecule has 0 fully saturated rings. The molecule has 0 heterocycles. The number of urea groups is 1. The number of carbonyl (C=O) groups is 1. The van der Waals surface area contributed by atoms with Crippen LogP contribution in [0, 0.1) is 0 Å². The first kappa shape index (κ1) is 13.5. The monoisotopic (exact) mass is 299 g/mol. The number of hydrogen-bond donors (Lipinski definition) is 2. The lowest BCUT2D eigenvalue weighted by Crippen LogP contribution is -2.24. The van der Waals surface area contributed by atoms with Crippen LogP contribution in [0.4, 0.5) is 4.79 Å². The third-order valence-corrected chi connectivity index (χ3v) is 2.31. The van der Waals surface area contributed by atoms with Crippen molar-refractivity contribution in [2.45, 2.75) is 13.3 Å². The molecule has 0 unspecified atom stereocenters. The third kappa shape index (κ3) is 4.86. The van der Waals surface area contributed by atoms with Gasteiger partial charge in [0, 0.05) is 10.0 Å². The molecule has 0 spiro atoms. The lowest BCUT2D eigenvalue weighted by molar-refractivity contribution is 0.249. The Kier molecular flexibility index (Phi) is 5.48. The molecule has 6 heteroatoms.